The molecule has 0 radical (unpaired) electrons. The number of alkyl halides is 1. The van der Waals surface area contributed by atoms with Gasteiger partial charge in [-0.1, -0.05) is 6.07 Å². The summed E-state index contributed by atoms with van der Waals surface area (Å²) >= 11 is 0. The lowest BCUT2D eigenvalue weighted by Crippen LogP contribution is -2.45. The van der Waals surface area contributed by atoms with Crippen molar-refractivity contribution >= 4 is 12.4 Å². The maximum atomic E-state index is 13.4. The monoisotopic (exact) mass is 304 g/mol. The molecule has 1 aliphatic rings. The average molecular weight is 305 g/mol. The van der Waals surface area contributed by atoms with Crippen LogP contribution in [0.4, 0.5) is 4.39 Å². The third-order valence-corrected chi connectivity index (χ3v) is 3.41. The van der Waals surface area contributed by atoms with Crippen molar-refractivity contribution in [3.05, 3.63) is 23.8 Å². The second-order valence-corrected chi connectivity index (χ2v) is 4.62. The lowest BCUT2D eigenvalue weighted by atomic mass is 10.0. The molecule has 2 N–H and O–H groups in total. The topological polar surface area (TPSA) is 44.7 Å². The van der Waals surface area contributed by atoms with Gasteiger partial charge >= 0.3 is 0 Å². The molecule has 0 unspecified atom stereocenters. The first-order valence-corrected chi connectivity index (χ1v) is 6.72. The summed E-state index contributed by atoms with van der Waals surface area (Å²) in [5, 5.41) is 12.9. The zero-order chi connectivity index (χ0) is 13.7. The Morgan fingerprint density at radius 1 is 1.40 bits per heavy atom. The fraction of sp³-hybridized carbons (Fsp3) is 0.571. The molecule has 4 nitrogen and oxygen atoms in total. The van der Waals surface area contributed by atoms with Crippen LogP contribution >= 0.6 is 12.4 Å². The molecule has 0 saturated carbocycles. The maximum Gasteiger partial charge on any atom is 0.161 e. The second kappa shape index (κ2) is 8.29. The fourth-order valence-electron chi connectivity index (χ4n) is 2.40. The first-order chi connectivity index (χ1) is 9.26. The normalized spacial score (nSPS) is 17.3. The van der Waals surface area contributed by atoms with Crippen LogP contribution in [0.2, 0.25) is 0 Å². The summed E-state index contributed by atoms with van der Waals surface area (Å²) in [6.45, 7) is 5.33. The molecule has 0 amide bonds. The van der Waals surface area contributed by atoms with Gasteiger partial charge in [0.05, 0.1) is 12.6 Å². The van der Waals surface area contributed by atoms with Crippen LogP contribution in [0.3, 0.4) is 0 Å². The number of halogens is 2. The van der Waals surface area contributed by atoms with Crippen LogP contribution in [0.5, 0.6) is 11.5 Å². The van der Waals surface area contributed by atoms with Crippen LogP contribution in [0, 0.1) is 0 Å². The summed E-state index contributed by atoms with van der Waals surface area (Å²) in [4.78, 5) is 2.12. The van der Waals surface area contributed by atoms with Crippen molar-refractivity contribution in [2.45, 2.75) is 13.0 Å². The zero-order valence-electron chi connectivity index (χ0n) is 11.6. The van der Waals surface area contributed by atoms with Crippen molar-refractivity contribution in [2.24, 2.45) is 0 Å². The van der Waals surface area contributed by atoms with Crippen LogP contribution in [0.25, 0.3) is 0 Å². The predicted molar refractivity (Wildman–Crippen MR) is 79.7 cm³/mol. The standard InChI is InChI=1S/C14H21FN2O2.ClH/c1-2-19-14-9-11(3-4-13(14)18)12(10-15)17-7-5-16-6-8-17;/h3-4,9,12,16,18H,2,5-8,10H2,1H3;1H/t12-;/m1./s1. The number of hydrogen-bond donors (Lipinski definition) is 2. The fourth-order valence-corrected chi connectivity index (χ4v) is 2.40. The molecule has 0 spiro atoms. The molecule has 1 aromatic rings. The number of phenolic OH excluding ortho intramolecular Hbond substituents is 1. The van der Waals surface area contributed by atoms with Crippen molar-refractivity contribution in [3.8, 4) is 11.5 Å². The van der Waals surface area contributed by atoms with Crippen LogP contribution in [-0.4, -0.2) is 49.5 Å². The lowest BCUT2D eigenvalue weighted by Gasteiger charge is -2.33. The molecular weight excluding hydrogens is 283 g/mol. The van der Waals surface area contributed by atoms with Gasteiger partial charge in [0, 0.05) is 26.2 Å². The Kier molecular flexibility index (Phi) is 7.05. The summed E-state index contributed by atoms with van der Waals surface area (Å²) in [7, 11) is 0. The molecule has 114 valence electrons. The van der Waals surface area contributed by atoms with Gasteiger partial charge in [0.15, 0.2) is 11.5 Å². The van der Waals surface area contributed by atoms with Gasteiger partial charge in [-0.2, -0.15) is 0 Å². The number of phenols is 1. The van der Waals surface area contributed by atoms with E-state index in [4.69, 9.17) is 4.74 Å². The summed E-state index contributed by atoms with van der Waals surface area (Å²) in [5.41, 5.74) is 0.852. The Morgan fingerprint density at radius 2 is 2.10 bits per heavy atom. The highest BCUT2D eigenvalue weighted by Gasteiger charge is 2.23. The highest BCUT2D eigenvalue weighted by Crippen LogP contribution is 2.31. The maximum absolute atomic E-state index is 13.4. The summed E-state index contributed by atoms with van der Waals surface area (Å²) in [5.74, 6) is 0.525. The number of rotatable bonds is 5. The van der Waals surface area contributed by atoms with E-state index in [1.54, 1.807) is 18.2 Å². The van der Waals surface area contributed by atoms with Crippen molar-refractivity contribution in [1.29, 1.82) is 0 Å². The number of nitrogens with one attached hydrogen (secondary N) is 1. The minimum absolute atomic E-state index is 0. The number of aromatic hydroxyl groups is 1. The van der Waals surface area contributed by atoms with Gasteiger partial charge in [0.1, 0.15) is 6.67 Å². The van der Waals surface area contributed by atoms with Gasteiger partial charge in [-0.25, -0.2) is 4.39 Å². The van der Waals surface area contributed by atoms with Crippen molar-refractivity contribution in [3.63, 3.8) is 0 Å². The molecule has 20 heavy (non-hydrogen) atoms. The molecule has 6 heteroatoms. The first kappa shape index (κ1) is 17.0. The van der Waals surface area contributed by atoms with Crippen molar-refractivity contribution in [1.82, 2.24) is 10.2 Å². The highest BCUT2D eigenvalue weighted by atomic mass is 35.5. The van der Waals surface area contributed by atoms with E-state index in [0.29, 0.717) is 12.4 Å². The Morgan fingerprint density at radius 3 is 2.70 bits per heavy atom. The predicted octanol–water partition coefficient (Wildman–Crippen LogP) is 2.13. The Labute approximate surface area is 125 Å². The number of ether oxygens (including phenoxy) is 1. The molecule has 1 aromatic carbocycles. The summed E-state index contributed by atoms with van der Waals surface area (Å²) < 4.78 is 18.7. The van der Waals surface area contributed by atoms with E-state index < -0.39 is 6.67 Å². The molecule has 1 atom stereocenters. The molecule has 1 aliphatic heterocycles. The van der Waals surface area contributed by atoms with Crippen LogP contribution in [0.15, 0.2) is 18.2 Å². The number of hydrogen-bond acceptors (Lipinski definition) is 4. The van der Waals surface area contributed by atoms with Gasteiger partial charge in [-0.05, 0) is 24.6 Å². The molecule has 1 fully saturated rings. The van der Waals surface area contributed by atoms with E-state index in [1.807, 2.05) is 6.92 Å². The van der Waals surface area contributed by atoms with Gasteiger partial charge in [0.2, 0.25) is 0 Å². The number of piperazine rings is 1. The Balaban J connectivity index is 0.00000200. The third-order valence-electron chi connectivity index (χ3n) is 3.41. The lowest BCUT2D eigenvalue weighted by molar-refractivity contribution is 0.147. The van der Waals surface area contributed by atoms with E-state index in [0.717, 1.165) is 31.7 Å². The summed E-state index contributed by atoms with van der Waals surface area (Å²) in [6.07, 6.45) is 0. The van der Waals surface area contributed by atoms with Gasteiger partial charge in [0.25, 0.3) is 0 Å². The summed E-state index contributed by atoms with van der Waals surface area (Å²) in [6, 6.07) is 4.82. The SMILES string of the molecule is CCOc1cc([C@@H](CF)N2CCNCC2)ccc1O.Cl. The van der Waals surface area contributed by atoms with Gasteiger partial charge in [-0.3, -0.25) is 4.90 Å². The molecule has 1 saturated heterocycles. The van der Waals surface area contributed by atoms with Gasteiger partial charge in [-0.15, -0.1) is 12.4 Å². The Hall–Kier alpha value is -1.04. The zero-order valence-corrected chi connectivity index (χ0v) is 12.5. The van der Waals surface area contributed by atoms with E-state index in [1.165, 1.54) is 0 Å². The van der Waals surface area contributed by atoms with Crippen LogP contribution in [0.1, 0.15) is 18.5 Å². The van der Waals surface area contributed by atoms with Gasteiger partial charge < -0.3 is 15.2 Å². The second-order valence-electron chi connectivity index (χ2n) is 4.62. The molecule has 0 bridgehead atoms. The smallest absolute Gasteiger partial charge is 0.161 e. The van der Waals surface area contributed by atoms with E-state index in [-0.39, 0.29) is 24.2 Å². The molecule has 2 rings (SSSR count). The van der Waals surface area contributed by atoms with Crippen molar-refractivity contribution in [2.75, 3.05) is 39.5 Å². The largest absolute Gasteiger partial charge is 0.504 e. The average Bonchev–Trinajstić information content (AvgIpc) is 2.44. The van der Waals surface area contributed by atoms with E-state index in [2.05, 4.69) is 10.2 Å². The number of benzene rings is 1. The Bertz CT molecular complexity index is 414. The number of nitrogens with zero attached hydrogens (tertiary/aromatic N) is 1. The van der Waals surface area contributed by atoms with Crippen molar-refractivity contribution < 1.29 is 14.2 Å². The molecule has 1 heterocycles. The quantitative estimate of drug-likeness (QED) is 0.875. The minimum Gasteiger partial charge on any atom is -0.504 e. The molecule has 0 aromatic heterocycles. The third kappa shape index (κ3) is 3.98. The van der Waals surface area contributed by atoms with Crippen LogP contribution < -0.4 is 10.1 Å². The van der Waals surface area contributed by atoms with E-state index >= 15 is 0 Å². The van der Waals surface area contributed by atoms with Crippen LogP contribution in [-0.2, 0) is 0 Å². The molecular formula is C14H22ClFN2O2. The first-order valence-electron chi connectivity index (χ1n) is 6.72. The highest BCUT2D eigenvalue weighted by molar-refractivity contribution is 5.85. The molecule has 0 aliphatic carbocycles. The minimum atomic E-state index is -0.434. The van der Waals surface area contributed by atoms with E-state index in [9.17, 15) is 9.50 Å².